The predicted octanol–water partition coefficient (Wildman–Crippen LogP) is 1.18. The summed E-state index contributed by atoms with van der Waals surface area (Å²) < 4.78 is 5.68. The maximum Gasteiger partial charge on any atom is 0.225 e. The number of hydrogen-bond donors (Lipinski definition) is 1. The molecule has 0 aromatic rings. The van der Waals surface area contributed by atoms with Crippen molar-refractivity contribution in [1.82, 2.24) is 10.2 Å². The Morgan fingerprint density at radius 2 is 2.10 bits per heavy atom. The molecule has 2 unspecified atom stereocenters. The van der Waals surface area contributed by atoms with Crippen LogP contribution in [-0.4, -0.2) is 49.6 Å². The second-order valence-corrected chi connectivity index (χ2v) is 6.20. The summed E-state index contributed by atoms with van der Waals surface area (Å²) >= 11 is 0. The molecule has 0 bridgehead atoms. The molecule has 0 aliphatic carbocycles. The van der Waals surface area contributed by atoms with Gasteiger partial charge >= 0.3 is 0 Å². The van der Waals surface area contributed by atoms with E-state index in [1.165, 1.54) is 0 Å². The van der Waals surface area contributed by atoms with Gasteiger partial charge in [0.15, 0.2) is 0 Å². The average Bonchev–Trinajstić information content (AvgIpc) is 2.87. The van der Waals surface area contributed by atoms with E-state index in [-0.39, 0.29) is 17.9 Å². The second-order valence-electron chi connectivity index (χ2n) is 6.20. The molecule has 2 heterocycles. The smallest absolute Gasteiger partial charge is 0.225 e. The minimum absolute atomic E-state index is 0.0636. The third-order valence-corrected chi connectivity index (χ3v) is 4.42. The quantitative estimate of drug-likeness (QED) is 0.842. The van der Waals surface area contributed by atoms with E-state index in [1.54, 1.807) is 7.05 Å². The van der Waals surface area contributed by atoms with Crippen molar-refractivity contribution in [2.24, 2.45) is 11.8 Å². The summed E-state index contributed by atoms with van der Waals surface area (Å²) in [4.78, 5) is 25.5. The number of rotatable bonds is 4. The topological polar surface area (TPSA) is 58.6 Å². The molecule has 0 saturated carbocycles. The van der Waals surface area contributed by atoms with Crippen LogP contribution < -0.4 is 5.32 Å². The maximum atomic E-state index is 12.3. The molecule has 3 atom stereocenters. The van der Waals surface area contributed by atoms with E-state index in [2.05, 4.69) is 12.2 Å². The Kier molecular flexibility index (Phi) is 5.40. The summed E-state index contributed by atoms with van der Waals surface area (Å²) in [6.07, 6.45) is 4.13. The molecule has 0 radical (unpaired) electrons. The molecule has 114 valence electrons. The van der Waals surface area contributed by atoms with Crippen molar-refractivity contribution < 1.29 is 14.3 Å². The average molecular weight is 282 g/mol. The summed E-state index contributed by atoms with van der Waals surface area (Å²) in [6, 6.07) is 0. The Labute approximate surface area is 121 Å². The molecule has 2 amide bonds. The van der Waals surface area contributed by atoms with Crippen LogP contribution in [0.3, 0.4) is 0 Å². The van der Waals surface area contributed by atoms with Crippen molar-refractivity contribution in [3.63, 3.8) is 0 Å². The Morgan fingerprint density at radius 3 is 2.80 bits per heavy atom. The van der Waals surface area contributed by atoms with Crippen LogP contribution in [0.25, 0.3) is 0 Å². The van der Waals surface area contributed by atoms with Crippen LogP contribution in [-0.2, 0) is 14.3 Å². The largest absolute Gasteiger partial charge is 0.378 e. The Balaban J connectivity index is 1.75. The highest BCUT2D eigenvalue weighted by Gasteiger charge is 2.30. The first-order valence-electron chi connectivity index (χ1n) is 7.68. The highest BCUT2D eigenvalue weighted by atomic mass is 16.5. The molecule has 2 aliphatic heterocycles. The lowest BCUT2D eigenvalue weighted by Gasteiger charge is -2.28. The minimum atomic E-state index is 0.0636. The first-order valence-corrected chi connectivity index (χ1v) is 7.68. The molecular weight excluding hydrogens is 256 g/mol. The standard InChI is InChI=1S/C15H26N2O3/c1-11-4-6-20-13(7-11)9-15(19)17-5-3-12(10-17)8-14(18)16-2/h11-13H,3-10H2,1-2H3,(H,16,18)/t11-,12?,13?/m1/s1. The highest BCUT2D eigenvalue weighted by molar-refractivity contribution is 5.78. The molecule has 2 aliphatic rings. The van der Waals surface area contributed by atoms with E-state index in [0.717, 1.165) is 32.4 Å². The first kappa shape index (κ1) is 15.3. The van der Waals surface area contributed by atoms with Gasteiger partial charge in [0.1, 0.15) is 0 Å². The third kappa shape index (κ3) is 4.20. The predicted molar refractivity (Wildman–Crippen MR) is 76.1 cm³/mol. The van der Waals surface area contributed by atoms with Gasteiger partial charge in [0, 0.05) is 33.2 Å². The van der Waals surface area contributed by atoms with Crippen LogP contribution in [0.15, 0.2) is 0 Å². The molecule has 0 spiro atoms. The van der Waals surface area contributed by atoms with Crippen molar-refractivity contribution in [3.05, 3.63) is 0 Å². The molecule has 1 N–H and O–H groups in total. The lowest BCUT2D eigenvalue weighted by atomic mass is 9.96. The Bertz CT molecular complexity index is 359. The number of nitrogens with zero attached hydrogens (tertiary/aromatic N) is 1. The van der Waals surface area contributed by atoms with Gasteiger partial charge in [-0.25, -0.2) is 0 Å². The molecule has 2 rings (SSSR count). The molecular formula is C15H26N2O3. The van der Waals surface area contributed by atoms with E-state index >= 15 is 0 Å². The van der Waals surface area contributed by atoms with Crippen LogP contribution in [0.5, 0.6) is 0 Å². The number of likely N-dealkylation sites (tertiary alicyclic amines) is 1. The monoisotopic (exact) mass is 282 g/mol. The van der Waals surface area contributed by atoms with E-state index in [1.807, 2.05) is 4.90 Å². The lowest BCUT2D eigenvalue weighted by molar-refractivity contribution is -0.135. The number of nitrogens with one attached hydrogen (secondary N) is 1. The summed E-state index contributed by atoms with van der Waals surface area (Å²) in [5.41, 5.74) is 0. The summed E-state index contributed by atoms with van der Waals surface area (Å²) in [6.45, 7) is 4.49. The number of ether oxygens (including phenoxy) is 1. The van der Waals surface area contributed by atoms with Crippen LogP contribution in [0.2, 0.25) is 0 Å². The van der Waals surface area contributed by atoms with Gasteiger partial charge in [-0.05, 0) is 31.1 Å². The van der Waals surface area contributed by atoms with Crippen LogP contribution >= 0.6 is 0 Å². The zero-order valence-electron chi connectivity index (χ0n) is 12.6. The second kappa shape index (κ2) is 7.07. The van der Waals surface area contributed by atoms with Gasteiger partial charge in [0.25, 0.3) is 0 Å². The van der Waals surface area contributed by atoms with E-state index in [4.69, 9.17) is 4.74 Å². The van der Waals surface area contributed by atoms with Gasteiger partial charge in [-0.2, -0.15) is 0 Å². The normalized spacial score (nSPS) is 30.3. The van der Waals surface area contributed by atoms with Gasteiger partial charge < -0.3 is 15.0 Å². The van der Waals surface area contributed by atoms with Crippen molar-refractivity contribution in [3.8, 4) is 0 Å². The zero-order valence-corrected chi connectivity index (χ0v) is 12.6. The first-order chi connectivity index (χ1) is 9.58. The fourth-order valence-corrected chi connectivity index (χ4v) is 3.13. The van der Waals surface area contributed by atoms with E-state index < -0.39 is 0 Å². The van der Waals surface area contributed by atoms with Crippen molar-refractivity contribution >= 4 is 11.8 Å². The molecule has 5 heteroatoms. The van der Waals surface area contributed by atoms with Gasteiger partial charge in [-0.1, -0.05) is 6.92 Å². The fraction of sp³-hybridized carbons (Fsp3) is 0.867. The third-order valence-electron chi connectivity index (χ3n) is 4.42. The van der Waals surface area contributed by atoms with Crippen LogP contribution in [0, 0.1) is 11.8 Å². The lowest BCUT2D eigenvalue weighted by Crippen LogP contribution is -2.35. The van der Waals surface area contributed by atoms with E-state index in [0.29, 0.717) is 31.2 Å². The van der Waals surface area contributed by atoms with Crippen LogP contribution in [0.4, 0.5) is 0 Å². The molecule has 0 aromatic heterocycles. The summed E-state index contributed by atoms with van der Waals surface area (Å²) in [5.74, 6) is 1.21. The van der Waals surface area contributed by atoms with Gasteiger partial charge in [-0.3, -0.25) is 9.59 Å². The minimum Gasteiger partial charge on any atom is -0.378 e. The van der Waals surface area contributed by atoms with Gasteiger partial charge in [-0.15, -0.1) is 0 Å². The van der Waals surface area contributed by atoms with Gasteiger partial charge in [0.05, 0.1) is 12.5 Å². The van der Waals surface area contributed by atoms with Crippen molar-refractivity contribution in [1.29, 1.82) is 0 Å². The summed E-state index contributed by atoms with van der Waals surface area (Å²) in [7, 11) is 1.65. The highest BCUT2D eigenvalue weighted by Crippen LogP contribution is 2.24. The number of amides is 2. The van der Waals surface area contributed by atoms with Crippen molar-refractivity contribution in [2.45, 2.75) is 45.1 Å². The molecule has 0 aromatic carbocycles. The Morgan fingerprint density at radius 1 is 1.30 bits per heavy atom. The fourth-order valence-electron chi connectivity index (χ4n) is 3.13. The maximum absolute atomic E-state index is 12.3. The number of carbonyl (C=O) groups is 2. The zero-order chi connectivity index (χ0) is 14.5. The summed E-state index contributed by atoms with van der Waals surface area (Å²) in [5, 5.41) is 2.64. The number of carbonyl (C=O) groups excluding carboxylic acids is 2. The molecule has 5 nitrogen and oxygen atoms in total. The van der Waals surface area contributed by atoms with Gasteiger partial charge in [0.2, 0.25) is 11.8 Å². The molecule has 2 saturated heterocycles. The SMILES string of the molecule is CNC(=O)CC1CCN(C(=O)CC2C[C@H](C)CCO2)C1. The number of hydrogen-bond acceptors (Lipinski definition) is 3. The van der Waals surface area contributed by atoms with E-state index in [9.17, 15) is 9.59 Å². The Hall–Kier alpha value is -1.10. The van der Waals surface area contributed by atoms with Crippen LogP contribution in [0.1, 0.15) is 39.0 Å². The molecule has 2 fully saturated rings. The molecule has 20 heavy (non-hydrogen) atoms. The van der Waals surface area contributed by atoms with Crippen molar-refractivity contribution in [2.75, 3.05) is 26.7 Å².